The van der Waals surface area contributed by atoms with Gasteiger partial charge in [0.2, 0.25) is 0 Å². The summed E-state index contributed by atoms with van der Waals surface area (Å²) in [5, 5.41) is 0.972. The van der Waals surface area contributed by atoms with Gasteiger partial charge in [0, 0.05) is 24.2 Å². The van der Waals surface area contributed by atoms with Crippen LogP contribution in [0.15, 0.2) is 24.3 Å². The van der Waals surface area contributed by atoms with Crippen LogP contribution in [0.25, 0.3) is 11.1 Å². The first-order valence-corrected chi connectivity index (χ1v) is 12.1. The first-order chi connectivity index (χ1) is 15.4. The third-order valence-corrected chi connectivity index (χ3v) is 6.63. The van der Waals surface area contributed by atoms with E-state index in [2.05, 4.69) is 37.5 Å². The Balaban J connectivity index is 1.77. The number of fused-ring (bicyclic) bond motifs is 3. The van der Waals surface area contributed by atoms with Gasteiger partial charge in [-0.3, -0.25) is 4.79 Å². The maximum atomic E-state index is 13.2. The summed E-state index contributed by atoms with van der Waals surface area (Å²) >= 11 is 13.0. The lowest BCUT2D eigenvalue weighted by atomic mass is 10.1. The minimum atomic E-state index is -0.0643. The zero-order valence-corrected chi connectivity index (χ0v) is 20.9. The Bertz CT molecular complexity index is 881. The monoisotopic (exact) mass is 478 g/mol. The zero-order valence-electron chi connectivity index (χ0n) is 19.3. The van der Waals surface area contributed by atoms with Crippen molar-refractivity contribution in [2.24, 2.45) is 0 Å². The molecule has 1 aliphatic rings. The molecule has 3 rings (SSSR count). The minimum absolute atomic E-state index is 0.0643. The number of hydrogen-bond donors (Lipinski definition) is 0. The number of carbonyl (C=O) groups excluding carboxylic acids is 1. The molecule has 0 amide bonds. The molecule has 2 aromatic carbocycles. The average Bonchev–Trinajstić information content (AvgIpc) is 3.04. The molecule has 0 unspecified atom stereocenters. The van der Waals surface area contributed by atoms with Gasteiger partial charge in [0.25, 0.3) is 0 Å². The number of rotatable bonds is 12. The van der Waals surface area contributed by atoms with E-state index in [1.165, 1.54) is 0 Å². The van der Waals surface area contributed by atoms with Gasteiger partial charge in [-0.1, -0.05) is 50.9 Å². The molecule has 0 bridgehead atoms. The fraction of sp³-hybridized carbons (Fsp3) is 0.480. The number of halogens is 2. The molecule has 0 fully saturated rings. The van der Waals surface area contributed by atoms with Crippen LogP contribution in [-0.2, 0) is 0 Å². The molecule has 0 atom stereocenters. The van der Waals surface area contributed by atoms with Gasteiger partial charge in [0.05, 0.1) is 10.0 Å². The van der Waals surface area contributed by atoms with Gasteiger partial charge >= 0.3 is 0 Å². The highest BCUT2D eigenvalue weighted by Crippen LogP contribution is 2.44. The molecule has 0 heterocycles. The molecule has 0 aliphatic heterocycles. The molecule has 0 radical (unpaired) electrons. The van der Waals surface area contributed by atoms with Gasteiger partial charge in [0.15, 0.2) is 5.78 Å². The van der Waals surface area contributed by atoms with E-state index in [1.807, 2.05) is 0 Å². The van der Waals surface area contributed by atoms with Crippen LogP contribution in [0, 0.1) is 0 Å². The molecule has 0 spiro atoms. The molecule has 0 aromatic heterocycles. The number of benzene rings is 2. The van der Waals surface area contributed by atoms with Gasteiger partial charge in [-0.25, -0.2) is 0 Å². The summed E-state index contributed by atoms with van der Waals surface area (Å²) in [5.41, 5.74) is 2.72. The number of ether oxygens (including phenoxy) is 2. The molecule has 1 aliphatic carbocycles. The normalized spacial score (nSPS) is 12.4. The Morgan fingerprint density at radius 1 is 0.656 bits per heavy atom. The number of hydrogen-bond acceptors (Lipinski definition) is 5. The van der Waals surface area contributed by atoms with E-state index in [-0.39, 0.29) is 5.78 Å². The van der Waals surface area contributed by atoms with Gasteiger partial charge in [-0.2, -0.15) is 0 Å². The van der Waals surface area contributed by atoms with Gasteiger partial charge in [-0.15, -0.1) is 0 Å². The van der Waals surface area contributed by atoms with Crippen molar-refractivity contribution < 1.29 is 14.3 Å². The van der Waals surface area contributed by atoms with E-state index in [0.717, 1.165) is 50.4 Å². The standard InChI is InChI=1S/C25H32Cl2N2O3/c1-5-28(6-2)9-11-31-23-15-19-17(13-21(23)26)18-14-22(27)24(16-20(18)25(19)30)32-12-10-29(7-3)8-4/h13-16H,5-12H2,1-4H3. The summed E-state index contributed by atoms with van der Waals surface area (Å²) in [7, 11) is 0. The number of carbonyl (C=O) groups is 1. The Morgan fingerprint density at radius 3 is 1.38 bits per heavy atom. The van der Waals surface area contributed by atoms with Crippen molar-refractivity contribution in [1.29, 1.82) is 0 Å². The molecule has 7 heteroatoms. The third kappa shape index (κ3) is 5.40. The van der Waals surface area contributed by atoms with Crippen LogP contribution in [0.1, 0.15) is 43.6 Å². The van der Waals surface area contributed by atoms with Crippen LogP contribution < -0.4 is 9.47 Å². The molecule has 174 valence electrons. The number of nitrogens with zero attached hydrogens (tertiary/aromatic N) is 2. The van der Waals surface area contributed by atoms with Crippen molar-refractivity contribution in [2.45, 2.75) is 27.7 Å². The average molecular weight is 479 g/mol. The lowest BCUT2D eigenvalue weighted by Gasteiger charge is -2.18. The van der Waals surface area contributed by atoms with Crippen molar-refractivity contribution in [1.82, 2.24) is 9.80 Å². The molecule has 32 heavy (non-hydrogen) atoms. The number of likely N-dealkylation sites (N-methyl/N-ethyl adjacent to an activating group) is 2. The minimum Gasteiger partial charge on any atom is -0.491 e. The van der Waals surface area contributed by atoms with E-state index in [4.69, 9.17) is 32.7 Å². The van der Waals surface area contributed by atoms with Crippen LogP contribution in [0.5, 0.6) is 11.5 Å². The van der Waals surface area contributed by atoms with Crippen molar-refractivity contribution >= 4 is 29.0 Å². The SMILES string of the molecule is CCN(CC)CCOc1cc2c(cc1Cl)-c1cc(Cl)c(OCCN(CC)CC)cc1C2=O. The van der Waals surface area contributed by atoms with Gasteiger partial charge < -0.3 is 19.3 Å². The highest BCUT2D eigenvalue weighted by molar-refractivity contribution is 6.35. The van der Waals surface area contributed by atoms with E-state index >= 15 is 0 Å². The lowest BCUT2D eigenvalue weighted by Crippen LogP contribution is -2.28. The van der Waals surface area contributed by atoms with Crippen LogP contribution in [0.3, 0.4) is 0 Å². The molecule has 0 saturated heterocycles. The summed E-state index contributed by atoms with van der Waals surface area (Å²) in [6.07, 6.45) is 0. The maximum Gasteiger partial charge on any atom is 0.194 e. The molecule has 0 N–H and O–H groups in total. The van der Waals surface area contributed by atoms with Crippen molar-refractivity contribution in [3.8, 4) is 22.6 Å². The first-order valence-electron chi connectivity index (χ1n) is 11.4. The summed E-state index contributed by atoms with van der Waals surface area (Å²) in [5.74, 6) is 0.992. The predicted molar refractivity (Wildman–Crippen MR) is 132 cm³/mol. The fourth-order valence-electron chi connectivity index (χ4n) is 3.94. The first kappa shape index (κ1) is 24.8. The highest BCUT2D eigenvalue weighted by atomic mass is 35.5. The Labute approximate surface area is 201 Å². The molecule has 5 nitrogen and oxygen atoms in total. The smallest absolute Gasteiger partial charge is 0.194 e. The third-order valence-electron chi connectivity index (χ3n) is 6.04. The molecule has 0 saturated carbocycles. The molecular formula is C25H32Cl2N2O3. The summed E-state index contributed by atoms with van der Waals surface area (Å²) in [4.78, 5) is 17.7. The molecular weight excluding hydrogens is 447 g/mol. The van der Waals surface area contributed by atoms with Crippen molar-refractivity contribution in [3.63, 3.8) is 0 Å². The quantitative estimate of drug-likeness (QED) is 0.336. The van der Waals surface area contributed by atoms with E-state index in [9.17, 15) is 4.79 Å². The second kappa shape index (κ2) is 11.4. The van der Waals surface area contributed by atoms with Crippen molar-refractivity contribution in [2.75, 3.05) is 52.5 Å². The maximum absolute atomic E-state index is 13.2. The van der Waals surface area contributed by atoms with Crippen LogP contribution in [0.4, 0.5) is 0 Å². The van der Waals surface area contributed by atoms with E-state index in [1.54, 1.807) is 24.3 Å². The lowest BCUT2D eigenvalue weighted by molar-refractivity contribution is 0.104. The molecule has 2 aromatic rings. The summed E-state index contributed by atoms with van der Waals surface area (Å²) < 4.78 is 11.8. The topological polar surface area (TPSA) is 42.0 Å². The summed E-state index contributed by atoms with van der Waals surface area (Å²) in [6, 6.07) is 7.09. The van der Waals surface area contributed by atoms with E-state index in [0.29, 0.717) is 45.9 Å². The summed E-state index contributed by atoms with van der Waals surface area (Å²) in [6.45, 7) is 15.0. The van der Waals surface area contributed by atoms with Crippen LogP contribution in [0.2, 0.25) is 10.0 Å². The zero-order chi connectivity index (χ0) is 23.3. The number of ketones is 1. The second-order valence-electron chi connectivity index (χ2n) is 7.74. The Hall–Kier alpha value is -1.79. The highest BCUT2D eigenvalue weighted by Gasteiger charge is 2.30. The largest absolute Gasteiger partial charge is 0.491 e. The second-order valence-corrected chi connectivity index (χ2v) is 8.55. The van der Waals surface area contributed by atoms with Crippen LogP contribution in [-0.4, -0.2) is 68.1 Å². The van der Waals surface area contributed by atoms with Gasteiger partial charge in [0.1, 0.15) is 24.7 Å². The van der Waals surface area contributed by atoms with Gasteiger partial charge in [-0.05, 0) is 61.6 Å². The van der Waals surface area contributed by atoms with Crippen molar-refractivity contribution in [3.05, 3.63) is 45.4 Å². The Morgan fingerprint density at radius 2 is 1.03 bits per heavy atom. The van der Waals surface area contributed by atoms with Crippen LogP contribution >= 0.6 is 23.2 Å². The fourth-order valence-corrected chi connectivity index (χ4v) is 4.38. The Kier molecular flexibility index (Phi) is 8.83. The predicted octanol–water partition coefficient (Wildman–Crippen LogP) is 5.65. The van der Waals surface area contributed by atoms with E-state index < -0.39 is 0 Å².